The average Bonchev–Trinajstić information content (AvgIpc) is 3.23. The smallest absolute Gasteiger partial charge is 0.338 e. The minimum Gasteiger partial charge on any atom is -0.457 e. The second-order valence-corrected chi connectivity index (χ2v) is 9.69. The number of allylic oxidation sites excluding steroid dienone is 1. The second kappa shape index (κ2) is 10.9. The fourth-order valence-electron chi connectivity index (χ4n) is 3.97. The Morgan fingerprint density at radius 1 is 1.14 bits per heavy atom. The van der Waals surface area contributed by atoms with Crippen LogP contribution in [-0.4, -0.2) is 28.5 Å². The molecule has 1 atom stereocenters. The average molecular weight is 494 g/mol. The van der Waals surface area contributed by atoms with E-state index in [1.807, 2.05) is 49.6 Å². The first-order valence-electron chi connectivity index (χ1n) is 11.5. The molecule has 2 aliphatic rings. The van der Waals surface area contributed by atoms with Crippen molar-refractivity contribution >= 4 is 28.8 Å². The Kier molecular flexibility index (Phi) is 7.70. The van der Waals surface area contributed by atoms with Crippen molar-refractivity contribution in [2.45, 2.75) is 39.8 Å². The van der Waals surface area contributed by atoms with Gasteiger partial charge in [0, 0.05) is 17.8 Å². The van der Waals surface area contributed by atoms with Gasteiger partial charge < -0.3 is 15.0 Å². The number of carbonyl (C=O) groups excluding carboxylic acids is 2. The molecule has 1 unspecified atom stereocenters. The molecule has 0 bridgehead atoms. The normalized spacial score (nSPS) is 17.2. The molecule has 0 spiro atoms. The van der Waals surface area contributed by atoms with Gasteiger partial charge in [0.1, 0.15) is 12.4 Å². The van der Waals surface area contributed by atoms with Gasteiger partial charge in [0.15, 0.2) is 5.17 Å². The molecule has 4 rings (SSSR count). The monoisotopic (exact) mass is 493 g/mol. The van der Waals surface area contributed by atoms with Crippen LogP contribution in [0.5, 0.6) is 0 Å². The molecule has 0 radical (unpaired) electrons. The molecule has 35 heavy (non-hydrogen) atoms. The largest absolute Gasteiger partial charge is 0.457 e. The van der Waals surface area contributed by atoms with E-state index >= 15 is 4.39 Å². The summed E-state index contributed by atoms with van der Waals surface area (Å²) in [6, 6.07) is 14.9. The van der Waals surface area contributed by atoms with E-state index in [0.29, 0.717) is 34.6 Å². The summed E-state index contributed by atoms with van der Waals surface area (Å²) in [7, 11) is 0. The van der Waals surface area contributed by atoms with Crippen molar-refractivity contribution in [1.82, 2.24) is 10.2 Å². The number of aliphatic imine (C=N–C) groups is 1. The molecule has 2 aromatic carbocycles. The molecular formula is C27H28FN3O3S. The van der Waals surface area contributed by atoms with Crippen molar-refractivity contribution in [3.8, 4) is 0 Å². The molecule has 8 heteroatoms. The van der Waals surface area contributed by atoms with Crippen LogP contribution < -0.4 is 5.32 Å². The van der Waals surface area contributed by atoms with E-state index in [2.05, 4.69) is 10.3 Å². The van der Waals surface area contributed by atoms with Crippen molar-refractivity contribution < 1.29 is 18.7 Å². The van der Waals surface area contributed by atoms with E-state index in [-0.39, 0.29) is 24.5 Å². The van der Waals surface area contributed by atoms with Crippen LogP contribution >= 0.6 is 11.8 Å². The molecule has 0 aliphatic carbocycles. The molecular weight excluding hydrogens is 465 g/mol. The highest BCUT2D eigenvalue weighted by atomic mass is 32.2. The quantitative estimate of drug-likeness (QED) is 0.505. The molecule has 1 amide bonds. The predicted molar refractivity (Wildman–Crippen MR) is 135 cm³/mol. The van der Waals surface area contributed by atoms with Gasteiger partial charge in [-0.15, -0.1) is 0 Å². The highest BCUT2D eigenvalue weighted by Gasteiger charge is 2.42. The molecule has 0 aromatic heterocycles. The number of ether oxygens (including phenoxy) is 1. The summed E-state index contributed by atoms with van der Waals surface area (Å²) in [6.45, 7) is 6.43. The third-order valence-electron chi connectivity index (χ3n) is 5.68. The summed E-state index contributed by atoms with van der Waals surface area (Å²) in [5.41, 5.74) is 2.55. The number of nitrogens with zero attached hydrogens (tertiary/aromatic N) is 2. The number of halogens is 1. The summed E-state index contributed by atoms with van der Waals surface area (Å²) in [5, 5.41) is 5.36. The van der Waals surface area contributed by atoms with Gasteiger partial charge in [-0.05, 0) is 29.9 Å². The maximum atomic E-state index is 15.1. The molecule has 1 N–H and O–H groups in total. The number of benzene rings is 2. The zero-order chi connectivity index (χ0) is 24.9. The summed E-state index contributed by atoms with van der Waals surface area (Å²) in [6.07, 6.45) is 0.0923. The lowest BCUT2D eigenvalue weighted by Gasteiger charge is -2.36. The summed E-state index contributed by atoms with van der Waals surface area (Å²) < 4.78 is 20.7. The topological polar surface area (TPSA) is 71.0 Å². The van der Waals surface area contributed by atoms with E-state index in [1.165, 1.54) is 17.8 Å². The predicted octanol–water partition coefficient (Wildman–Crippen LogP) is 5.31. The third-order valence-corrected chi connectivity index (χ3v) is 6.57. The maximum Gasteiger partial charge on any atom is 0.338 e. The first-order chi connectivity index (χ1) is 16.8. The van der Waals surface area contributed by atoms with Gasteiger partial charge in [0.05, 0.1) is 23.7 Å². The van der Waals surface area contributed by atoms with Crippen LogP contribution in [0.1, 0.15) is 44.4 Å². The van der Waals surface area contributed by atoms with Crippen LogP contribution in [0.4, 0.5) is 4.39 Å². The number of hydrogen-bond acceptors (Lipinski definition) is 6. The van der Waals surface area contributed by atoms with Crippen LogP contribution in [-0.2, 0) is 20.9 Å². The Morgan fingerprint density at radius 2 is 1.86 bits per heavy atom. The zero-order valence-corrected chi connectivity index (χ0v) is 20.8. The number of rotatable bonds is 8. The number of hydrogen-bond donors (Lipinski definition) is 1. The van der Waals surface area contributed by atoms with Gasteiger partial charge >= 0.3 is 5.97 Å². The Morgan fingerprint density at radius 3 is 2.57 bits per heavy atom. The number of esters is 1. The van der Waals surface area contributed by atoms with E-state index < -0.39 is 17.8 Å². The van der Waals surface area contributed by atoms with Crippen molar-refractivity contribution in [2.24, 2.45) is 10.9 Å². The van der Waals surface area contributed by atoms with Crippen LogP contribution in [0, 0.1) is 11.7 Å². The van der Waals surface area contributed by atoms with Crippen molar-refractivity contribution in [3.63, 3.8) is 0 Å². The summed E-state index contributed by atoms with van der Waals surface area (Å²) >= 11 is 1.36. The standard InChI is InChI=1S/C27H28FN3O3S/c1-17(2)14-29-23(32)13-20-16-35-27-30-18(3)24(26(33)34-15-19-9-5-4-6-10-19)25(31(20)27)21-11-7-8-12-22(21)28/h4-12,16-17,25H,13-15H2,1-3H3,(H,29,32). The van der Waals surface area contributed by atoms with Crippen LogP contribution in [0.2, 0.25) is 0 Å². The minimum atomic E-state index is -0.800. The van der Waals surface area contributed by atoms with Gasteiger partial charge in [0.25, 0.3) is 0 Å². The highest BCUT2D eigenvalue weighted by molar-refractivity contribution is 8.16. The number of thioether (sulfide) groups is 1. The van der Waals surface area contributed by atoms with Crippen molar-refractivity contribution in [2.75, 3.05) is 6.54 Å². The van der Waals surface area contributed by atoms with Gasteiger partial charge in [-0.1, -0.05) is 74.1 Å². The summed E-state index contributed by atoms with van der Waals surface area (Å²) in [4.78, 5) is 32.4. The lowest BCUT2D eigenvalue weighted by Crippen LogP contribution is -2.38. The highest BCUT2D eigenvalue weighted by Crippen LogP contribution is 2.45. The fraction of sp³-hybridized carbons (Fsp3) is 0.296. The van der Waals surface area contributed by atoms with Gasteiger partial charge in [-0.25, -0.2) is 14.2 Å². The Balaban J connectivity index is 1.66. The van der Waals surface area contributed by atoms with Crippen molar-refractivity contribution in [3.05, 3.63) is 93.9 Å². The Labute approximate surface area is 209 Å². The SMILES string of the molecule is CC1=C(C(=O)OCc2ccccc2)C(c2ccccc2F)N2C(CC(=O)NCC(C)C)=CSC2=N1. The van der Waals surface area contributed by atoms with Crippen LogP contribution in [0.25, 0.3) is 0 Å². The number of amides is 1. The van der Waals surface area contributed by atoms with E-state index in [9.17, 15) is 9.59 Å². The Hall–Kier alpha value is -3.39. The molecule has 2 aromatic rings. The van der Waals surface area contributed by atoms with E-state index in [4.69, 9.17) is 4.74 Å². The van der Waals surface area contributed by atoms with Gasteiger partial charge in [-0.3, -0.25) is 4.79 Å². The fourth-order valence-corrected chi connectivity index (χ4v) is 4.93. The number of carbonyl (C=O) groups is 2. The maximum absolute atomic E-state index is 15.1. The minimum absolute atomic E-state index is 0.0894. The van der Waals surface area contributed by atoms with Crippen LogP contribution in [0.15, 0.2) is 82.0 Å². The van der Waals surface area contributed by atoms with Gasteiger partial charge in [0.2, 0.25) is 5.91 Å². The Bertz CT molecular complexity index is 1210. The molecule has 0 fully saturated rings. The zero-order valence-electron chi connectivity index (χ0n) is 20.0. The van der Waals surface area contributed by atoms with Crippen LogP contribution in [0.3, 0.4) is 0 Å². The van der Waals surface area contributed by atoms with Gasteiger partial charge in [-0.2, -0.15) is 0 Å². The lowest BCUT2D eigenvalue weighted by atomic mass is 9.93. The molecule has 0 saturated carbocycles. The lowest BCUT2D eigenvalue weighted by molar-refractivity contribution is -0.141. The van der Waals surface area contributed by atoms with E-state index in [1.54, 1.807) is 30.0 Å². The summed E-state index contributed by atoms with van der Waals surface area (Å²) in [5.74, 6) is -0.831. The molecule has 2 heterocycles. The molecule has 6 nitrogen and oxygen atoms in total. The molecule has 182 valence electrons. The third kappa shape index (κ3) is 5.65. The number of amidine groups is 1. The second-order valence-electron chi connectivity index (χ2n) is 8.85. The van der Waals surface area contributed by atoms with Crippen molar-refractivity contribution in [1.29, 1.82) is 0 Å². The number of nitrogens with one attached hydrogen (secondary N) is 1. The van der Waals surface area contributed by atoms with E-state index in [0.717, 1.165) is 5.56 Å². The molecule has 0 saturated heterocycles. The first-order valence-corrected chi connectivity index (χ1v) is 12.4. The number of fused-ring (bicyclic) bond motifs is 1. The molecule has 2 aliphatic heterocycles. The first kappa shape index (κ1) is 24.7.